The van der Waals surface area contributed by atoms with E-state index in [1.54, 1.807) is 47.0 Å². The molecule has 4 rings (SSSR count). The zero-order valence-corrected chi connectivity index (χ0v) is 19.0. The number of rotatable bonds is 7. The number of thioether (sulfide) groups is 1. The number of halogens is 1. The molecule has 0 spiro atoms. The van der Waals surface area contributed by atoms with E-state index < -0.39 is 0 Å². The van der Waals surface area contributed by atoms with Crippen LogP contribution in [0, 0.1) is 0 Å². The molecule has 1 amide bonds. The third-order valence-electron chi connectivity index (χ3n) is 5.20. The lowest BCUT2D eigenvalue weighted by molar-refractivity contribution is -0.113. The number of carbonyl (C=O) groups excluding carboxylic acids is 2. The summed E-state index contributed by atoms with van der Waals surface area (Å²) in [6, 6.07) is 11.7. The van der Waals surface area contributed by atoms with Gasteiger partial charge in [0.2, 0.25) is 5.91 Å². The Morgan fingerprint density at radius 2 is 2.03 bits per heavy atom. The quantitative estimate of drug-likeness (QED) is 0.316. The largest absolute Gasteiger partial charge is 0.376 e. The van der Waals surface area contributed by atoms with E-state index in [1.165, 1.54) is 18.7 Å². The number of ketones is 1. The molecule has 32 heavy (non-hydrogen) atoms. The highest BCUT2D eigenvalue weighted by Gasteiger charge is 2.21. The summed E-state index contributed by atoms with van der Waals surface area (Å²) in [7, 11) is 0. The second-order valence-electron chi connectivity index (χ2n) is 7.58. The van der Waals surface area contributed by atoms with Crippen LogP contribution in [0.5, 0.6) is 0 Å². The molecule has 1 atom stereocenters. The van der Waals surface area contributed by atoms with Crippen LogP contribution in [0.3, 0.4) is 0 Å². The number of hydrogen-bond acceptors (Lipinski definition) is 6. The molecule has 0 saturated carbocycles. The standard InChI is InChI=1S/C23H22ClN3O4S/c1-14(28)15-4-7-17(8-5-15)25-21(29)13-32-23-26-20-11-16(24)6-9-19(20)22(30)27(23)12-18-3-2-10-31-18/h4-9,11,18H,2-3,10,12-13H2,1H3,(H,25,29). The molecule has 2 aromatic carbocycles. The maximum atomic E-state index is 13.2. The SMILES string of the molecule is CC(=O)c1ccc(NC(=O)CSc2nc3cc(Cl)ccc3c(=O)n2CC2CCCO2)cc1. The number of nitrogens with zero attached hydrogens (tertiary/aromatic N) is 2. The summed E-state index contributed by atoms with van der Waals surface area (Å²) < 4.78 is 7.30. The zero-order chi connectivity index (χ0) is 22.7. The molecular weight excluding hydrogens is 450 g/mol. The maximum absolute atomic E-state index is 13.2. The molecule has 166 valence electrons. The number of Topliss-reactive ketones (excluding diaryl/α,β-unsaturated/α-hetero) is 1. The molecule has 1 aliphatic heterocycles. The summed E-state index contributed by atoms with van der Waals surface area (Å²) in [6.45, 7) is 2.56. The Bertz CT molecular complexity index is 1220. The first-order chi connectivity index (χ1) is 15.4. The number of anilines is 1. The van der Waals surface area contributed by atoms with Crippen LogP contribution in [-0.4, -0.2) is 39.7 Å². The lowest BCUT2D eigenvalue weighted by atomic mass is 10.1. The van der Waals surface area contributed by atoms with Crippen LogP contribution in [0.4, 0.5) is 5.69 Å². The molecule has 9 heteroatoms. The number of benzene rings is 2. The third kappa shape index (κ3) is 5.20. The van der Waals surface area contributed by atoms with Crippen molar-refractivity contribution in [3.05, 3.63) is 63.4 Å². The minimum Gasteiger partial charge on any atom is -0.376 e. The molecule has 3 aromatic rings. The third-order valence-corrected chi connectivity index (χ3v) is 6.41. The molecule has 0 aliphatic carbocycles. The number of ether oxygens (including phenoxy) is 1. The van der Waals surface area contributed by atoms with Gasteiger partial charge in [-0.2, -0.15) is 0 Å². The van der Waals surface area contributed by atoms with Crippen molar-refractivity contribution in [1.82, 2.24) is 9.55 Å². The number of hydrogen-bond donors (Lipinski definition) is 1. The Morgan fingerprint density at radius 1 is 1.25 bits per heavy atom. The normalized spacial score (nSPS) is 15.8. The Hall–Kier alpha value is -2.68. The molecule has 7 nitrogen and oxygen atoms in total. The summed E-state index contributed by atoms with van der Waals surface area (Å²) in [6.07, 6.45) is 1.79. The van der Waals surface area contributed by atoms with Gasteiger partial charge in [0.1, 0.15) is 0 Å². The lowest BCUT2D eigenvalue weighted by Crippen LogP contribution is -2.29. The molecule has 1 fully saturated rings. The van der Waals surface area contributed by atoms with Crippen molar-refractivity contribution in [2.75, 3.05) is 17.7 Å². The number of fused-ring (bicyclic) bond motifs is 1. The summed E-state index contributed by atoms with van der Waals surface area (Å²) in [5.41, 5.74) is 1.49. The topological polar surface area (TPSA) is 90.3 Å². The summed E-state index contributed by atoms with van der Waals surface area (Å²) >= 11 is 7.28. The van der Waals surface area contributed by atoms with Gasteiger partial charge in [-0.3, -0.25) is 19.0 Å². The van der Waals surface area contributed by atoms with Gasteiger partial charge in [-0.05, 0) is 62.2 Å². The van der Waals surface area contributed by atoms with Crippen molar-refractivity contribution in [1.29, 1.82) is 0 Å². The molecule has 2 heterocycles. The van der Waals surface area contributed by atoms with E-state index in [-0.39, 0.29) is 29.1 Å². The van der Waals surface area contributed by atoms with Crippen molar-refractivity contribution in [2.45, 2.75) is 37.6 Å². The Labute approximate surface area is 194 Å². The van der Waals surface area contributed by atoms with E-state index in [2.05, 4.69) is 10.3 Å². The van der Waals surface area contributed by atoms with Gasteiger partial charge in [-0.15, -0.1) is 0 Å². The average molecular weight is 472 g/mol. The smallest absolute Gasteiger partial charge is 0.262 e. The Kier molecular flexibility index (Phi) is 6.93. The van der Waals surface area contributed by atoms with Crippen LogP contribution < -0.4 is 10.9 Å². The lowest BCUT2D eigenvalue weighted by Gasteiger charge is -2.16. The fourth-order valence-corrected chi connectivity index (χ4v) is 4.53. The van der Waals surface area contributed by atoms with Crippen LogP contribution in [0.15, 0.2) is 52.4 Å². The van der Waals surface area contributed by atoms with Gasteiger partial charge in [0.25, 0.3) is 5.56 Å². The predicted molar refractivity (Wildman–Crippen MR) is 126 cm³/mol. The van der Waals surface area contributed by atoms with Gasteiger partial charge < -0.3 is 10.1 Å². The van der Waals surface area contributed by atoms with Crippen molar-refractivity contribution in [3.63, 3.8) is 0 Å². The number of amides is 1. The van der Waals surface area contributed by atoms with E-state index in [9.17, 15) is 14.4 Å². The minimum absolute atomic E-state index is 0.0369. The molecule has 0 bridgehead atoms. The minimum atomic E-state index is -0.241. The van der Waals surface area contributed by atoms with Gasteiger partial charge in [0.15, 0.2) is 10.9 Å². The number of nitrogens with one attached hydrogen (secondary N) is 1. The van der Waals surface area contributed by atoms with Crippen molar-refractivity contribution in [3.8, 4) is 0 Å². The average Bonchev–Trinajstić information content (AvgIpc) is 3.28. The predicted octanol–water partition coefficient (Wildman–Crippen LogP) is 4.16. The van der Waals surface area contributed by atoms with Crippen LogP contribution in [0.1, 0.15) is 30.1 Å². The molecular formula is C23H22ClN3O4S. The molecule has 1 unspecified atom stereocenters. The van der Waals surface area contributed by atoms with Crippen molar-refractivity contribution >= 4 is 51.6 Å². The van der Waals surface area contributed by atoms with Crippen LogP contribution >= 0.6 is 23.4 Å². The highest BCUT2D eigenvalue weighted by atomic mass is 35.5. The van der Waals surface area contributed by atoms with Gasteiger partial charge in [-0.1, -0.05) is 23.4 Å². The van der Waals surface area contributed by atoms with E-state index in [0.717, 1.165) is 12.8 Å². The Morgan fingerprint density at radius 3 is 2.72 bits per heavy atom. The zero-order valence-electron chi connectivity index (χ0n) is 17.5. The molecule has 1 N–H and O–H groups in total. The van der Waals surface area contributed by atoms with Crippen LogP contribution in [-0.2, 0) is 16.1 Å². The van der Waals surface area contributed by atoms with Gasteiger partial charge in [-0.25, -0.2) is 4.98 Å². The number of carbonyl (C=O) groups is 2. The second kappa shape index (κ2) is 9.85. The first-order valence-electron chi connectivity index (χ1n) is 10.3. The van der Waals surface area contributed by atoms with Crippen LogP contribution in [0.25, 0.3) is 10.9 Å². The summed E-state index contributed by atoms with van der Waals surface area (Å²) in [5.74, 6) is -0.210. The molecule has 1 aliphatic rings. The fraction of sp³-hybridized carbons (Fsp3) is 0.304. The summed E-state index contributed by atoms with van der Waals surface area (Å²) in [5, 5.41) is 4.21. The highest BCUT2D eigenvalue weighted by Crippen LogP contribution is 2.23. The Balaban J connectivity index is 1.54. The maximum Gasteiger partial charge on any atom is 0.262 e. The molecule has 0 radical (unpaired) electrons. The van der Waals surface area contributed by atoms with Gasteiger partial charge >= 0.3 is 0 Å². The fourth-order valence-electron chi connectivity index (χ4n) is 3.55. The van der Waals surface area contributed by atoms with E-state index in [4.69, 9.17) is 16.3 Å². The van der Waals surface area contributed by atoms with Crippen molar-refractivity contribution in [2.24, 2.45) is 0 Å². The van der Waals surface area contributed by atoms with Crippen molar-refractivity contribution < 1.29 is 14.3 Å². The summed E-state index contributed by atoms with van der Waals surface area (Å²) in [4.78, 5) is 41.7. The van der Waals surface area contributed by atoms with Gasteiger partial charge in [0.05, 0.1) is 29.3 Å². The molecule has 1 aromatic heterocycles. The number of aromatic nitrogens is 2. The molecule has 1 saturated heterocycles. The van der Waals surface area contributed by atoms with E-state index >= 15 is 0 Å². The van der Waals surface area contributed by atoms with Crippen LogP contribution in [0.2, 0.25) is 5.02 Å². The van der Waals surface area contributed by atoms with Gasteiger partial charge in [0, 0.05) is 22.9 Å². The first-order valence-corrected chi connectivity index (χ1v) is 11.6. The highest BCUT2D eigenvalue weighted by molar-refractivity contribution is 7.99. The first kappa shape index (κ1) is 22.5. The van der Waals surface area contributed by atoms with E-state index in [1.807, 2.05) is 0 Å². The second-order valence-corrected chi connectivity index (χ2v) is 8.96. The van der Waals surface area contributed by atoms with E-state index in [0.29, 0.717) is 45.5 Å². The monoisotopic (exact) mass is 471 g/mol.